The first-order chi connectivity index (χ1) is 12.5. The lowest BCUT2D eigenvalue weighted by Gasteiger charge is -2.19. The summed E-state index contributed by atoms with van der Waals surface area (Å²) in [5, 5.41) is 28.6. The third-order valence-corrected chi connectivity index (χ3v) is 4.30. The third-order valence-electron chi connectivity index (χ3n) is 3.92. The summed E-state index contributed by atoms with van der Waals surface area (Å²) in [6.45, 7) is 6.47. The summed E-state index contributed by atoms with van der Waals surface area (Å²) in [4.78, 5) is 12.5. The molecule has 0 radical (unpaired) electrons. The Morgan fingerprint density at radius 1 is 1.23 bits per heavy atom. The average molecular weight is 372 g/mol. The van der Waals surface area contributed by atoms with Crippen molar-refractivity contribution in [1.82, 2.24) is 4.90 Å². The minimum Gasteiger partial charge on any atom is -0.300 e. The summed E-state index contributed by atoms with van der Waals surface area (Å²) < 4.78 is 0. The van der Waals surface area contributed by atoms with E-state index in [0.717, 1.165) is 18.7 Å². The molecule has 134 valence electrons. The number of hydrogen-bond acceptors (Lipinski definition) is 6. The highest BCUT2D eigenvalue weighted by atomic mass is 35.5. The molecule has 0 atom stereocenters. The molecule has 0 spiro atoms. The molecule has 0 fully saturated rings. The van der Waals surface area contributed by atoms with E-state index in [2.05, 4.69) is 35.0 Å². The van der Waals surface area contributed by atoms with Crippen molar-refractivity contribution in [2.45, 2.75) is 20.4 Å². The number of hydrogen-bond donors (Lipinski definition) is 0. The lowest BCUT2D eigenvalue weighted by atomic mass is 10.1. The van der Waals surface area contributed by atoms with Crippen molar-refractivity contribution in [2.24, 2.45) is 10.2 Å². The van der Waals surface area contributed by atoms with Gasteiger partial charge in [-0.05, 0) is 30.8 Å². The fourth-order valence-electron chi connectivity index (χ4n) is 2.40. The molecule has 0 saturated heterocycles. The van der Waals surface area contributed by atoms with Crippen LogP contribution >= 0.6 is 11.6 Å². The predicted octanol–water partition coefficient (Wildman–Crippen LogP) is 5.38. The average Bonchev–Trinajstić information content (AvgIpc) is 2.65. The molecule has 0 N–H and O–H groups in total. The highest BCUT2D eigenvalue weighted by Gasteiger charge is 2.13. The van der Waals surface area contributed by atoms with Crippen molar-refractivity contribution in [3.05, 3.63) is 62.7 Å². The van der Waals surface area contributed by atoms with Gasteiger partial charge in [0, 0.05) is 18.7 Å². The van der Waals surface area contributed by atoms with E-state index < -0.39 is 4.92 Å². The van der Waals surface area contributed by atoms with Crippen LogP contribution in [0.3, 0.4) is 0 Å². The molecule has 0 saturated carbocycles. The van der Waals surface area contributed by atoms with Crippen molar-refractivity contribution in [3.63, 3.8) is 0 Å². The summed E-state index contributed by atoms with van der Waals surface area (Å²) in [7, 11) is 0. The molecule has 0 aliphatic carbocycles. The Labute approximate surface area is 156 Å². The Hall–Kier alpha value is -2.82. The Kier molecular flexibility index (Phi) is 6.78. The molecule has 0 heterocycles. The second kappa shape index (κ2) is 9.04. The van der Waals surface area contributed by atoms with Crippen LogP contribution in [0.25, 0.3) is 0 Å². The highest BCUT2D eigenvalue weighted by molar-refractivity contribution is 6.34. The quantitative estimate of drug-likeness (QED) is 0.371. The summed E-state index contributed by atoms with van der Waals surface area (Å²) in [6.07, 6.45) is 0. The molecule has 7 nitrogen and oxygen atoms in total. The second-order valence-corrected chi connectivity index (χ2v) is 5.86. The molecular weight excluding hydrogens is 354 g/mol. The maximum absolute atomic E-state index is 10.8. The van der Waals surface area contributed by atoms with Gasteiger partial charge in [0.05, 0.1) is 21.2 Å². The maximum Gasteiger partial charge on any atom is 0.271 e. The van der Waals surface area contributed by atoms with Crippen LogP contribution in [0.1, 0.15) is 25.0 Å². The fourth-order valence-corrected chi connectivity index (χ4v) is 2.67. The molecule has 0 aromatic heterocycles. The Balaban J connectivity index is 2.32. The van der Waals surface area contributed by atoms with Crippen molar-refractivity contribution >= 4 is 28.7 Å². The molecular formula is C18H18ClN5O2. The largest absolute Gasteiger partial charge is 0.300 e. The van der Waals surface area contributed by atoms with Gasteiger partial charge in [-0.3, -0.25) is 15.0 Å². The van der Waals surface area contributed by atoms with Gasteiger partial charge < -0.3 is 0 Å². The van der Waals surface area contributed by atoms with E-state index in [0.29, 0.717) is 23.5 Å². The van der Waals surface area contributed by atoms with Gasteiger partial charge in [-0.15, -0.1) is 5.11 Å². The van der Waals surface area contributed by atoms with E-state index in [9.17, 15) is 15.4 Å². The maximum atomic E-state index is 10.8. The molecule has 2 aromatic carbocycles. The minimum atomic E-state index is -0.498. The molecule has 0 bridgehead atoms. The first-order valence-electron chi connectivity index (χ1n) is 8.10. The zero-order chi connectivity index (χ0) is 19.1. The third kappa shape index (κ3) is 4.63. The van der Waals surface area contributed by atoms with Gasteiger partial charge in [-0.1, -0.05) is 37.6 Å². The highest BCUT2D eigenvalue weighted by Crippen LogP contribution is 2.33. The van der Waals surface area contributed by atoms with Crippen LogP contribution in [0, 0.1) is 21.4 Å². The predicted molar refractivity (Wildman–Crippen MR) is 100 cm³/mol. The van der Waals surface area contributed by atoms with Crippen LogP contribution in [0.5, 0.6) is 0 Å². The topological polar surface area (TPSA) is 94.9 Å². The monoisotopic (exact) mass is 371 g/mol. The molecule has 2 rings (SSSR count). The second-order valence-electron chi connectivity index (χ2n) is 5.48. The van der Waals surface area contributed by atoms with Crippen LogP contribution < -0.4 is 0 Å². The van der Waals surface area contributed by atoms with Crippen LogP contribution in [0.2, 0.25) is 5.02 Å². The summed E-state index contributed by atoms with van der Waals surface area (Å²) in [6, 6.07) is 11.5. The van der Waals surface area contributed by atoms with E-state index in [1.807, 2.05) is 6.07 Å². The van der Waals surface area contributed by atoms with Crippen molar-refractivity contribution in [3.8, 4) is 6.07 Å². The van der Waals surface area contributed by atoms with Crippen LogP contribution in [-0.2, 0) is 6.54 Å². The van der Waals surface area contributed by atoms with Gasteiger partial charge in [0.15, 0.2) is 0 Å². The van der Waals surface area contributed by atoms with Gasteiger partial charge in [-0.25, -0.2) is 0 Å². The number of rotatable bonds is 7. The Morgan fingerprint density at radius 3 is 2.58 bits per heavy atom. The van der Waals surface area contributed by atoms with Gasteiger partial charge in [0.1, 0.15) is 11.8 Å². The fraction of sp³-hybridized carbons (Fsp3) is 0.278. The van der Waals surface area contributed by atoms with Crippen LogP contribution in [0.15, 0.2) is 46.6 Å². The molecule has 0 unspecified atom stereocenters. The number of nitro groups is 1. The SMILES string of the molecule is CCN(CC)Cc1ccc(N=Nc2cccc([N+](=O)[O-])c2)c(Cl)c1C#N. The van der Waals surface area contributed by atoms with Gasteiger partial charge in [0.25, 0.3) is 5.69 Å². The normalized spacial score (nSPS) is 11.0. The van der Waals surface area contributed by atoms with E-state index in [4.69, 9.17) is 11.6 Å². The van der Waals surface area contributed by atoms with E-state index in [-0.39, 0.29) is 10.7 Å². The first-order valence-corrected chi connectivity index (χ1v) is 8.48. The van der Waals surface area contributed by atoms with E-state index in [1.165, 1.54) is 18.2 Å². The number of azo groups is 1. The number of non-ortho nitro benzene ring substituents is 1. The van der Waals surface area contributed by atoms with Gasteiger partial charge >= 0.3 is 0 Å². The number of halogens is 1. The summed E-state index contributed by atoms with van der Waals surface area (Å²) in [5.74, 6) is 0. The first kappa shape index (κ1) is 19.5. The number of nitro benzene ring substituents is 1. The van der Waals surface area contributed by atoms with E-state index in [1.54, 1.807) is 12.1 Å². The zero-order valence-electron chi connectivity index (χ0n) is 14.5. The smallest absolute Gasteiger partial charge is 0.271 e. The van der Waals surface area contributed by atoms with Gasteiger partial charge in [-0.2, -0.15) is 10.4 Å². The lowest BCUT2D eigenvalue weighted by Crippen LogP contribution is -2.22. The molecule has 0 aliphatic heterocycles. The number of nitrogens with zero attached hydrogens (tertiary/aromatic N) is 5. The van der Waals surface area contributed by atoms with Crippen molar-refractivity contribution in [1.29, 1.82) is 5.26 Å². The number of benzene rings is 2. The summed E-state index contributed by atoms with van der Waals surface area (Å²) in [5.41, 5.74) is 1.81. The molecule has 0 aliphatic rings. The van der Waals surface area contributed by atoms with Crippen molar-refractivity contribution < 1.29 is 4.92 Å². The van der Waals surface area contributed by atoms with Crippen LogP contribution in [-0.4, -0.2) is 22.9 Å². The standard InChI is InChI=1S/C18H18ClN5O2/c1-3-23(4-2)12-13-8-9-17(18(19)16(13)11-20)22-21-14-6-5-7-15(10-14)24(25)26/h5-10H,3-4,12H2,1-2H3. The van der Waals surface area contributed by atoms with E-state index >= 15 is 0 Å². The molecule has 26 heavy (non-hydrogen) atoms. The number of nitriles is 1. The zero-order valence-corrected chi connectivity index (χ0v) is 15.3. The summed E-state index contributed by atoms with van der Waals surface area (Å²) >= 11 is 6.33. The minimum absolute atomic E-state index is 0.0696. The van der Waals surface area contributed by atoms with Crippen LogP contribution in [0.4, 0.5) is 17.1 Å². The van der Waals surface area contributed by atoms with Crippen molar-refractivity contribution in [2.75, 3.05) is 13.1 Å². The molecule has 2 aromatic rings. The van der Waals surface area contributed by atoms with Gasteiger partial charge in [0.2, 0.25) is 0 Å². The molecule has 8 heteroatoms. The molecule has 0 amide bonds. The Morgan fingerprint density at radius 2 is 1.96 bits per heavy atom. The lowest BCUT2D eigenvalue weighted by molar-refractivity contribution is -0.384. The Bertz CT molecular complexity index is 872.